The van der Waals surface area contributed by atoms with Crippen molar-refractivity contribution in [2.75, 3.05) is 6.54 Å². The molecule has 18 heavy (non-hydrogen) atoms. The van der Waals surface area contributed by atoms with Gasteiger partial charge >= 0.3 is 0 Å². The molecule has 3 rings (SSSR count). The molecule has 0 amide bonds. The first-order valence-corrected chi connectivity index (χ1v) is 6.95. The van der Waals surface area contributed by atoms with E-state index in [9.17, 15) is 0 Å². The molecule has 0 radical (unpaired) electrons. The average molecular weight is 244 g/mol. The Bertz CT molecular complexity index is 499. The van der Waals surface area contributed by atoms with Crippen LogP contribution in [0.25, 0.3) is 11.0 Å². The summed E-state index contributed by atoms with van der Waals surface area (Å²) >= 11 is 0. The number of hydrogen-bond acceptors (Lipinski definition) is 3. The van der Waals surface area contributed by atoms with E-state index in [1.165, 1.54) is 32.1 Å². The molecule has 1 aromatic carbocycles. The van der Waals surface area contributed by atoms with E-state index in [4.69, 9.17) is 0 Å². The number of benzene rings is 1. The molecule has 96 valence electrons. The maximum atomic E-state index is 4.20. The van der Waals surface area contributed by atoms with Gasteiger partial charge in [0.25, 0.3) is 0 Å². The summed E-state index contributed by atoms with van der Waals surface area (Å²) in [7, 11) is 0. The van der Waals surface area contributed by atoms with E-state index in [1.54, 1.807) is 0 Å². The summed E-state index contributed by atoms with van der Waals surface area (Å²) in [6, 6.07) is 8.84. The summed E-state index contributed by atoms with van der Waals surface area (Å²) in [5.74, 6) is 0. The molecule has 1 heterocycles. The summed E-state index contributed by atoms with van der Waals surface area (Å²) in [5.41, 5.74) is 2.11. The number of aromatic nitrogens is 3. The van der Waals surface area contributed by atoms with Crippen molar-refractivity contribution in [2.45, 2.75) is 44.7 Å². The zero-order chi connectivity index (χ0) is 12.2. The molecule has 0 spiro atoms. The summed E-state index contributed by atoms with van der Waals surface area (Å²) < 4.78 is 1.99. The van der Waals surface area contributed by atoms with Gasteiger partial charge in [-0.15, -0.1) is 5.10 Å². The molecule has 0 saturated heterocycles. The molecule has 1 N–H and O–H groups in total. The predicted octanol–water partition coefficient (Wildman–Crippen LogP) is 2.35. The van der Waals surface area contributed by atoms with Crippen molar-refractivity contribution in [3.05, 3.63) is 24.3 Å². The van der Waals surface area contributed by atoms with Crippen molar-refractivity contribution in [3.8, 4) is 0 Å². The van der Waals surface area contributed by atoms with Crippen molar-refractivity contribution in [3.63, 3.8) is 0 Å². The minimum atomic E-state index is 0.716. The number of rotatable bonds is 4. The van der Waals surface area contributed by atoms with Crippen LogP contribution in [-0.4, -0.2) is 27.6 Å². The Labute approximate surface area is 107 Å². The highest BCUT2D eigenvalue weighted by Gasteiger charge is 2.12. The van der Waals surface area contributed by atoms with Crippen molar-refractivity contribution in [1.82, 2.24) is 20.3 Å². The Morgan fingerprint density at radius 1 is 1.17 bits per heavy atom. The van der Waals surface area contributed by atoms with Crippen molar-refractivity contribution in [2.24, 2.45) is 0 Å². The van der Waals surface area contributed by atoms with Crippen LogP contribution >= 0.6 is 0 Å². The van der Waals surface area contributed by atoms with E-state index in [0.717, 1.165) is 24.1 Å². The second-order valence-electron chi connectivity index (χ2n) is 5.09. The van der Waals surface area contributed by atoms with Crippen LogP contribution in [0.5, 0.6) is 0 Å². The Kier molecular flexibility index (Phi) is 3.55. The molecule has 4 nitrogen and oxygen atoms in total. The Morgan fingerprint density at radius 2 is 2.00 bits per heavy atom. The van der Waals surface area contributed by atoms with Gasteiger partial charge < -0.3 is 5.32 Å². The molecule has 1 fully saturated rings. The zero-order valence-electron chi connectivity index (χ0n) is 10.7. The van der Waals surface area contributed by atoms with Gasteiger partial charge in [0, 0.05) is 12.6 Å². The highest BCUT2D eigenvalue weighted by molar-refractivity contribution is 5.73. The zero-order valence-corrected chi connectivity index (χ0v) is 10.7. The topological polar surface area (TPSA) is 42.7 Å². The summed E-state index contributed by atoms with van der Waals surface area (Å²) in [6.07, 6.45) is 6.83. The highest BCUT2D eigenvalue weighted by Crippen LogP contribution is 2.17. The summed E-state index contributed by atoms with van der Waals surface area (Å²) in [6.45, 7) is 1.88. The second kappa shape index (κ2) is 5.48. The predicted molar refractivity (Wildman–Crippen MR) is 72.4 cm³/mol. The first kappa shape index (κ1) is 11.7. The van der Waals surface area contributed by atoms with Gasteiger partial charge in [-0.05, 0) is 25.0 Å². The molecule has 1 saturated carbocycles. The lowest BCUT2D eigenvalue weighted by atomic mass is 9.95. The van der Waals surface area contributed by atoms with Crippen LogP contribution in [0, 0.1) is 0 Å². The lowest BCUT2D eigenvalue weighted by Crippen LogP contribution is -2.33. The maximum absolute atomic E-state index is 4.20. The Hall–Kier alpha value is -1.42. The van der Waals surface area contributed by atoms with Crippen LogP contribution in [0.15, 0.2) is 24.3 Å². The number of hydrogen-bond donors (Lipinski definition) is 1. The second-order valence-corrected chi connectivity index (χ2v) is 5.09. The molecule has 2 aromatic rings. The van der Waals surface area contributed by atoms with Gasteiger partial charge in [-0.1, -0.05) is 36.6 Å². The first-order chi connectivity index (χ1) is 8.93. The van der Waals surface area contributed by atoms with Crippen molar-refractivity contribution >= 4 is 11.0 Å². The minimum Gasteiger partial charge on any atom is -0.312 e. The van der Waals surface area contributed by atoms with Crippen LogP contribution in [-0.2, 0) is 6.54 Å². The maximum Gasteiger partial charge on any atom is 0.113 e. The van der Waals surface area contributed by atoms with E-state index < -0.39 is 0 Å². The molecule has 1 aromatic heterocycles. The third kappa shape index (κ3) is 2.53. The lowest BCUT2D eigenvalue weighted by molar-refractivity contribution is 0.365. The Balaban J connectivity index is 1.56. The molecule has 0 bridgehead atoms. The van der Waals surface area contributed by atoms with E-state index in [1.807, 2.05) is 22.9 Å². The van der Waals surface area contributed by atoms with Crippen LogP contribution in [0.1, 0.15) is 32.1 Å². The summed E-state index contributed by atoms with van der Waals surface area (Å²) in [4.78, 5) is 0. The number of nitrogens with zero attached hydrogens (tertiary/aromatic N) is 3. The number of fused-ring (bicyclic) bond motifs is 1. The third-order valence-electron chi connectivity index (χ3n) is 3.78. The van der Waals surface area contributed by atoms with Gasteiger partial charge in [0.2, 0.25) is 0 Å². The quantitative estimate of drug-likeness (QED) is 0.897. The fraction of sp³-hybridized carbons (Fsp3) is 0.571. The summed E-state index contributed by atoms with van der Waals surface area (Å²) in [5, 5.41) is 12.0. The van der Waals surface area contributed by atoms with Gasteiger partial charge in [0.15, 0.2) is 0 Å². The van der Waals surface area contributed by atoms with Crippen LogP contribution in [0.4, 0.5) is 0 Å². The van der Waals surface area contributed by atoms with Crippen molar-refractivity contribution in [1.29, 1.82) is 0 Å². The fourth-order valence-electron chi connectivity index (χ4n) is 2.76. The van der Waals surface area contributed by atoms with Gasteiger partial charge in [0.1, 0.15) is 5.52 Å². The average Bonchev–Trinajstić information content (AvgIpc) is 2.84. The van der Waals surface area contributed by atoms with E-state index in [0.29, 0.717) is 6.04 Å². The van der Waals surface area contributed by atoms with Gasteiger partial charge in [-0.25, -0.2) is 4.68 Å². The normalized spacial score (nSPS) is 17.3. The SMILES string of the molecule is c1ccc2c(c1)nnn2CCNC1CCCCC1. The number of para-hydroxylation sites is 1. The van der Waals surface area contributed by atoms with Gasteiger partial charge in [-0.3, -0.25) is 0 Å². The van der Waals surface area contributed by atoms with E-state index in [2.05, 4.69) is 21.7 Å². The molecule has 1 aliphatic carbocycles. The molecule has 0 unspecified atom stereocenters. The Morgan fingerprint density at radius 3 is 2.89 bits per heavy atom. The fourth-order valence-corrected chi connectivity index (χ4v) is 2.76. The van der Waals surface area contributed by atoms with E-state index >= 15 is 0 Å². The smallest absolute Gasteiger partial charge is 0.113 e. The van der Waals surface area contributed by atoms with E-state index in [-0.39, 0.29) is 0 Å². The van der Waals surface area contributed by atoms with Gasteiger partial charge in [0.05, 0.1) is 12.1 Å². The van der Waals surface area contributed by atoms with Crippen LogP contribution in [0.2, 0.25) is 0 Å². The minimum absolute atomic E-state index is 0.716. The van der Waals surface area contributed by atoms with Crippen LogP contribution in [0.3, 0.4) is 0 Å². The molecule has 0 atom stereocenters. The molecular weight excluding hydrogens is 224 g/mol. The third-order valence-corrected chi connectivity index (χ3v) is 3.78. The molecule has 4 heteroatoms. The largest absolute Gasteiger partial charge is 0.312 e. The highest BCUT2D eigenvalue weighted by atomic mass is 15.4. The number of nitrogens with one attached hydrogen (secondary N) is 1. The monoisotopic (exact) mass is 244 g/mol. The molecule has 1 aliphatic rings. The van der Waals surface area contributed by atoms with Gasteiger partial charge in [-0.2, -0.15) is 0 Å². The van der Waals surface area contributed by atoms with Crippen molar-refractivity contribution < 1.29 is 0 Å². The first-order valence-electron chi connectivity index (χ1n) is 6.95. The molecule has 0 aliphatic heterocycles. The lowest BCUT2D eigenvalue weighted by Gasteiger charge is -2.22. The standard InChI is InChI=1S/C14H20N4/c1-2-6-12(7-3-1)15-10-11-18-14-9-5-4-8-13(14)16-17-18/h4-5,8-9,12,15H,1-3,6-7,10-11H2. The van der Waals surface area contributed by atoms with Crippen LogP contribution < -0.4 is 5.32 Å². The molecular formula is C14H20N4.